The lowest BCUT2D eigenvalue weighted by atomic mass is 10.1. The molecule has 1 rings (SSSR count). The van der Waals surface area contributed by atoms with Gasteiger partial charge >= 0.3 is 0 Å². The predicted molar refractivity (Wildman–Crippen MR) is 34.7 cm³/mol. The molecule has 0 spiro atoms. The van der Waals surface area contributed by atoms with E-state index in [2.05, 4.69) is 4.85 Å². The molecule has 9 heavy (non-hydrogen) atoms. The van der Waals surface area contributed by atoms with Gasteiger partial charge in [-0.05, 0) is 12.8 Å². The van der Waals surface area contributed by atoms with E-state index in [1.807, 2.05) is 0 Å². The maximum absolute atomic E-state index is 6.55. The fraction of sp³-hybridized carbons (Fsp3) is 0.571. The molecule has 1 aliphatic heterocycles. The van der Waals surface area contributed by atoms with Crippen molar-refractivity contribution in [1.82, 2.24) is 0 Å². The summed E-state index contributed by atoms with van der Waals surface area (Å²) in [5.74, 6) is 0. The molecule has 1 heterocycles. The average molecular weight is 123 g/mol. The van der Waals surface area contributed by atoms with Crippen LogP contribution in [0.2, 0.25) is 0 Å². The molecule has 0 radical (unpaired) electrons. The molecule has 48 valence electrons. The minimum atomic E-state index is 0.793. The highest BCUT2D eigenvalue weighted by Crippen LogP contribution is 2.12. The minimum Gasteiger partial charge on any atom is -0.381 e. The summed E-state index contributed by atoms with van der Waals surface area (Å²) in [4.78, 5) is 3.19. The third-order valence-electron chi connectivity index (χ3n) is 1.38. The Kier molecular flexibility index (Phi) is 2.29. The van der Waals surface area contributed by atoms with Crippen LogP contribution in [-0.2, 0) is 4.74 Å². The van der Waals surface area contributed by atoms with Gasteiger partial charge in [-0.3, -0.25) is 0 Å². The van der Waals surface area contributed by atoms with Crippen molar-refractivity contribution in [2.45, 2.75) is 12.8 Å². The number of rotatable bonds is 0. The molecular weight excluding hydrogens is 114 g/mol. The summed E-state index contributed by atoms with van der Waals surface area (Å²) in [6, 6.07) is 0. The van der Waals surface area contributed by atoms with Crippen LogP contribution < -0.4 is 0 Å². The Hall–Kier alpha value is -0.810. The van der Waals surface area contributed by atoms with Crippen LogP contribution in [0.25, 0.3) is 4.85 Å². The first kappa shape index (κ1) is 6.31. The lowest BCUT2D eigenvalue weighted by Crippen LogP contribution is -2.06. The van der Waals surface area contributed by atoms with E-state index >= 15 is 0 Å². The molecule has 0 atom stereocenters. The Bertz CT molecular complexity index is 147. The summed E-state index contributed by atoms with van der Waals surface area (Å²) in [6.07, 6.45) is 3.51. The van der Waals surface area contributed by atoms with E-state index < -0.39 is 0 Å². The second-order valence-electron chi connectivity index (χ2n) is 2.03. The average Bonchev–Trinajstić information content (AvgIpc) is 1.91. The van der Waals surface area contributed by atoms with Gasteiger partial charge in [0.2, 0.25) is 0 Å². The number of nitrogens with zero attached hydrogens (tertiary/aromatic N) is 1. The van der Waals surface area contributed by atoms with Crippen molar-refractivity contribution in [1.29, 1.82) is 0 Å². The zero-order valence-electron chi connectivity index (χ0n) is 5.26. The highest BCUT2D eigenvalue weighted by Gasteiger charge is 2.02. The summed E-state index contributed by atoms with van der Waals surface area (Å²) in [6.45, 7) is 8.13. The van der Waals surface area contributed by atoms with Gasteiger partial charge in [0.15, 0.2) is 6.20 Å². The van der Waals surface area contributed by atoms with Crippen LogP contribution in [0.15, 0.2) is 11.8 Å². The van der Waals surface area contributed by atoms with Gasteiger partial charge in [-0.2, -0.15) is 0 Å². The van der Waals surface area contributed by atoms with E-state index in [1.54, 1.807) is 6.20 Å². The summed E-state index contributed by atoms with van der Waals surface area (Å²) in [5.41, 5.74) is 1.23. The molecule has 1 saturated heterocycles. The molecule has 0 amide bonds. The Labute approximate surface area is 54.9 Å². The highest BCUT2D eigenvalue weighted by atomic mass is 16.5. The Morgan fingerprint density at radius 3 is 2.67 bits per heavy atom. The van der Waals surface area contributed by atoms with Gasteiger partial charge in [0.1, 0.15) is 0 Å². The van der Waals surface area contributed by atoms with Gasteiger partial charge in [0, 0.05) is 13.2 Å². The van der Waals surface area contributed by atoms with Crippen molar-refractivity contribution in [2.24, 2.45) is 0 Å². The maximum atomic E-state index is 6.55. The first-order valence-electron chi connectivity index (χ1n) is 3.05. The smallest absolute Gasteiger partial charge is 0.153 e. The Morgan fingerprint density at radius 2 is 2.11 bits per heavy atom. The van der Waals surface area contributed by atoms with Crippen molar-refractivity contribution < 1.29 is 4.74 Å². The number of ether oxygens (including phenoxy) is 1. The van der Waals surface area contributed by atoms with Crippen molar-refractivity contribution in [3.05, 3.63) is 23.2 Å². The third-order valence-corrected chi connectivity index (χ3v) is 1.38. The molecule has 0 aromatic carbocycles. The van der Waals surface area contributed by atoms with Crippen LogP contribution >= 0.6 is 0 Å². The zero-order chi connectivity index (χ0) is 6.53. The fourth-order valence-corrected chi connectivity index (χ4v) is 0.854. The summed E-state index contributed by atoms with van der Waals surface area (Å²) < 4.78 is 5.10. The lowest BCUT2D eigenvalue weighted by molar-refractivity contribution is 0.119. The fourth-order valence-electron chi connectivity index (χ4n) is 0.854. The number of hydrogen-bond donors (Lipinski definition) is 0. The zero-order valence-corrected chi connectivity index (χ0v) is 5.26. The van der Waals surface area contributed by atoms with Gasteiger partial charge < -0.3 is 4.74 Å². The second-order valence-corrected chi connectivity index (χ2v) is 2.03. The van der Waals surface area contributed by atoms with E-state index in [1.165, 1.54) is 5.57 Å². The maximum Gasteiger partial charge on any atom is 0.153 e. The molecular formula is C7H9NO. The van der Waals surface area contributed by atoms with Crippen LogP contribution in [0, 0.1) is 6.57 Å². The highest BCUT2D eigenvalue weighted by molar-refractivity contribution is 5.07. The third kappa shape index (κ3) is 1.87. The van der Waals surface area contributed by atoms with Crippen molar-refractivity contribution >= 4 is 0 Å². The molecule has 0 aromatic heterocycles. The molecule has 0 aromatic rings. The van der Waals surface area contributed by atoms with Crippen LogP contribution in [-0.4, -0.2) is 13.2 Å². The second kappa shape index (κ2) is 3.26. The first-order valence-corrected chi connectivity index (χ1v) is 3.05. The molecule has 2 nitrogen and oxygen atoms in total. The van der Waals surface area contributed by atoms with Gasteiger partial charge in [-0.1, -0.05) is 5.57 Å². The lowest BCUT2D eigenvalue weighted by Gasteiger charge is -2.12. The van der Waals surface area contributed by atoms with Gasteiger partial charge in [-0.25, -0.2) is 4.85 Å². The van der Waals surface area contributed by atoms with E-state index in [-0.39, 0.29) is 0 Å². The van der Waals surface area contributed by atoms with E-state index in [0.717, 1.165) is 26.1 Å². The SMILES string of the molecule is [C-]#[N+]C=C1CCOCC1. The summed E-state index contributed by atoms with van der Waals surface area (Å²) in [5, 5.41) is 0. The van der Waals surface area contributed by atoms with Crippen LogP contribution in [0.4, 0.5) is 0 Å². The largest absolute Gasteiger partial charge is 0.381 e. The van der Waals surface area contributed by atoms with Gasteiger partial charge in [0.05, 0.1) is 6.57 Å². The summed E-state index contributed by atoms with van der Waals surface area (Å²) in [7, 11) is 0. The molecule has 0 N–H and O–H groups in total. The molecule has 2 heteroatoms. The van der Waals surface area contributed by atoms with Crippen molar-refractivity contribution in [3.63, 3.8) is 0 Å². The molecule has 1 fully saturated rings. The topological polar surface area (TPSA) is 13.6 Å². The van der Waals surface area contributed by atoms with Crippen LogP contribution in [0.3, 0.4) is 0 Å². The molecule has 0 aliphatic carbocycles. The monoisotopic (exact) mass is 123 g/mol. The van der Waals surface area contributed by atoms with Crippen LogP contribution in [0.5, 0.6) is 0 Å². The van der Waals surface area contributed by atoms with Crippen molar-refractivity contribution in [3.8, 4) is 0 Å². The summed E-state index contributed by atoms with van der Waals surface area (Å²) >= 11 is 0. The predicted octanol–water partition coefficient (Wildman–Crippen LogP) is 1.60. The quantitative estimate of drug-likeness (QED) is 0.446. The number of hydrogen-bond acceptors (Lipinski definition) is 1. The molecule has 0 bridgehead atoms. The standard InChI is InChI=1S/C7H9NO/c1-8-6-7-2-4-9-5-3-7/h6H,2-5H2. The normalized spacial score (nSPS) is 18.8. The van der Waals surface area contributed by atoms with Gasteiger partial charge in [0.25, 0.3) is 0 Å². The van der Waals surface area contributed by atoms with Crippen molar-refractivity contribution in [2.75, 3.05) is 13.2 Å². The Balaban J connectivity index is 2.42. The molecule has 1 aliphatic rings. The van der Waals surface area contributed by atoms with E-state index in [4.69, 9.17) is 11.3 Å². The van der Waals surface area contributed by atoms with E-state index in [9.17, 15) is 0 Å². The van der Waals surface area contributed by atoms with Crippen LogP contribution in [0.1, 0.15) is 12.8 Å². The van der Waals surface area contributed by atoms with E-state index in [0.29, 0.717) is 0 Å². The molecule has 0 unspecified atom stereocenters. The Morgan fingerprint density at radius 1 is 1.44 bits per heavy atom. The minimum absolute atomic E-state index is 0.793. The molecule has 0 saturated carbocycles. The van der Waals surface area contributed by atoms with Gasteiger partial charge in [-0.15, -0.1) is 0 Å². The first-order chi connectivity index (χ1) is 4.43.